The zero-order valence-corrected chi connectivity index (χ0v) is 16.8. The molecule has 0 saturated carbocycles. The van der Waals surface area contributed by atoms with Crippen LogP contribution in [0.1, 0.15) is 23.2 Å². The van der Waals surface area contributed by atoms with Gasteiger partial charge < -0.3 is 14.8 Å². The maximum Gasteiger partial charge on any atom is 0.265 e. The summed E-state index contributed by atoms with van der Waals surface area (Å²) in [4.78, 5) is 12.5. The van der Waals surface area contributed by atoms with E-state index in [1.54, 1.807) is 18.2 Å². The molecular formula is C19H21ClN2O5S. The smallest absolute Gasteiger partial charge is 0.265 e. The first kappa shape index (κ1) is 20.4. The average Bonchev–Trinajstić information content (AvgIpc) is 3.20. The Kier molecular flexibility index (Phi) is 6.43. The van der Waals surface area contributed by atoms with E-state index in [0.29, 0.717) is 13.2 Å². The molecule has 28 heavy (non-hydrogen) atoms. The number of hydrogen-bond donors (Lipinski definition) is 2. The monoisotopic (exact) mass is 424 g/mol. The summed E-state index contributed by atoms with van der Waals surface area (Å²) in [5.74, 6) is -0.232. The van der Waals surface area contributed by atoms with Gasteiger partial charge in [0.2, 0.25) is 0 Å². The Morgan fingerprint density at radius 2 is 2.07 bits per heavy atom. The van der Waals surface area contributed by atoms with Gasteiger partial charge in [0, 0.05) is 18.2 Å². The number of halogens is 1. The number of hydrogen-bond acceptors (Lipinski definition) is 5. The third-order valence-corrected chi connectivity index (χ3v) is 5.97. The van der Waals surface area contributed by atoms with Gasteiger partial charge in [-0.15, -0.1) is 0 Å². The SMILES string of the molecule is COc1ccc(Cl)cc1S(=O)(=O)Nc1ccccc1C(=O)NC[C@@H]1CCCO1. The van der Waals surface area contributed by atoms with Gasteiger partial charge in [-0.25, -0.2) is 8.42 Å². The Balaban J connectivity index is 1.82. The molecule has 1 aliphatic heterocycles. The third kappa shape index (κ3) is 4.76. The molecule has 2 N–H and O–H groups in total. The number of amides is 1. The normalized spacial score (nSPS) is 16.6. The number of rotatable bonds is 7. The molecule has 0 aromatic heterocycles. The highest BCUT2D eigenvalue weighted by atomic mass is 35.5. The van der Waals surface area contributed by atoms with E-state index < -0.39 is 10.0 Å². The fraction of sp³-hybridized carbons (Fsp3) is 0.316. The predicted octanol–water partition coefficient (Wildman–Crippen LogP) is 3.06. The first-order valence-corrected chi connectivity index (χ1v) is 10.6. The van der Waals surface area contributed by atoms with Gasteiger partial charge in [0.1, 0.15) is 10.6 Å². The molecule has 0 bridgehead atoms. The van der Waals surface area contributed by atoms with Gasteiger partial charge in [-0.1, -0.05) is 23.7 Å². The quantitative estimate of drug-likeness (QED) is 0.712. The van der Waals surface area contributed by atoms with Crippen molar-refractivity contribution >= 4 is 33.2 Å². The summed E-state index contributed by atoms with van der Waals surface area (Å²) in [6, 6.07) is 10.7. The number of carbonyl (C=O) groups excluding carboxylic acids is 1. The molecule has 2 aromatic rings. The van der Waals surface area contributed by atoms with Crippen molar-refractivity contribution < 1.29 is 22.7 Å². The van der Waals surface area contributed by atoms with Gasteiger partial charge in [0.05, 0.1) is 24.5 Å². The molecule has 1 fully saturated rings. The van der Waals surface area contributed by atoms with Gasteiger partial charge in [-0.2, -0.15) is 0 Å². The molecule has 0 radical (unpaired) electrons. The lowest BCUT2D eigenvalue weighted by Gasteiger charge is -2.15. The van der Waals surface area contributed by atoms with Crippen LogP contribution in [-0.4, -0.2) is 40.7 Å². The number of methoxy groups -OCH3 is 1. The van der Waals surface area contributed by atoms with Gasteiger partial charge in [-0.3, -0.25) is 9.52 Å². The summed E-state index contributed by atoms with van der Waals surface area (Å²) in [5, 5.41) is 3.05. The van der Waals surface area contributed by atoms with Crippen molar-refractivity contribution in [2.24, 2.45) is 0 Å². The lowest BCUT2D eigenvalue weighted by molar-refractivity contribution is 0.0858. The second kappa shape index (κ2) is 8.81. The number of benzene rings is 2. The molecule has 0 aliphatic carbocycles. The summed E-state index contributed by atoms with van der Waals surface area (Å²) in [6.07, 6.45) is 1.85. The molecule has 1 aliphatic rings. The van der Waals surface area contributed by atoms with Crippen LogP contribution < -0.4 is 14.8 Å². The molecule has 1 heterocycles. The van der Waals surface area contributed by atoms with E-state index >= 15 is 0 Å². The number of carbonyl (C=O) groups is 1. The van der Waals surface area contributed by atoms with E-state index in [4.69, 9.17) is 21.1 Å². The topological polar surface area (TPSA) is 93.7 Å². The van der Waals surface area contributed by atoms with E-state index in [-0.39, 0.29) is 38.9 Å². The van der Waals surface area contributed by atoms with Crippen LogP contribution in [0.5, 0.6) is 5.75 Å². The van der Waals surface area contributed by atoms with Crippen LogP contribution >= 0.6 is 11.6 Å². The molecule has 0 unspecified atom stereocenters. The van der Waals surface area contributed by atoms with Crippen molar-refractivity contribution in [1.82, 2.24) is 5.32 Å². The minimum absolute atomic E-state index is 0.0106. The minimum atomic E-state index is -4.03. The third-order valence-electron chi connectivity index (χ3n) is 4.35. The largest absolute Gasteiger partial charge is 0.495 e. The zero-order chi connectivity index (χ0) is 20.1. The van der Waals surface area contributed by atoms with Crippen LogP contribution in [0.2, 0.25) is 5.02 Å². The molecule has 1 amide bonds. The van der Waals surface area contributed by atoms with Crippen LogP contribution in [0.3, 0.4) is 0 Å². The Morgan fingerprint density at radius 1 is 1.29 bits per heavy atom. The lowest BCUT2D eigenvalue weighted by atomic mass is 10.1. The maximum atomic E-state index is 12.9. The van der Waals surface area contributed by atoms with Crippen molar-refractivity contribution in [3.63, 3.8) is 0 Å². The van der Waals surface area contributed by atoms with E-state index in [1.165, 1.54) is 31.4 Å². The van der Waals surface area contributed by atoms with Gasteiger partial charge in [0.25, 0.3) is 15.9 Å². The number of anilines is 1. The Bertz CT molecular complexity index is 959. The molecule has 0 spiro atoms. The summed E-state index contributed by atoms with van der Waals surface area (Å²) in [5.41, 5.74) is 0.374. The highest BCUT2D eigenvalue weighted by Crippen LogP contribution is 2.29. The van der Waals surface area contributed by atoms with E-state index in [2.05, 4.69) is 10.0 Å². The van der Waals surface area contributed by atoms with Crippen molar-refractivity contribution in [2.45, 2.75) is 23.8 Å². The zero-order valence-electron chi connectivity index (χ0n) is 15.3. The number of ether oxygens (including phenoxy) is 2. The number of sulfonamides is 1. The fourth-order valence-corrected chi connectivity index (χ4v) is 4.45. The fourth-order valence-electron chi connectivity index (χ4n) is 2.94. The average molecular weight is 425 g/mol. The van der Waals surface area contributed by atoms with Crippen molar-refractivity contribution in [3.05, 3.63) is 53.1 Å². The number of para-hydroxylation sites is 1. The van der Waals surface area contributed by atoms with Crippen molar-refractivity contribution in [3.8, 4) is 5.75 Å². The molecule has 2 aromatic carbocycles. The Hall–Kier alpha value is -2.29. The Morgan fingerprint density at radius 3 is 2.79 bits per heavy atom. The summed E-state index contributed by atoms with van der Waals surface area (Å²) >= 11 is 5.94. The van der Waals surface area contributed by atoms with Crippen LogP contribution in [0, 0.1) is 0 Å². The molecule has 150 valence electrons. The standard InChI is InChI=1S/C19H21ClN2O5S/c1-26-17-9-8-13(20)11-18(17)28(24,25)22-16-7-3-2-6-15(16)19(23)21-12-14-5-4-10-27-14/h2-3,6-9,11,14,22H,4-5,10,12H2,1H3,(H,21,23)/t14-/m0/s1. The molecule has 9 heteroatoms. The van der Waals surface area contributed by atoms with Crippen LogP contribution in [0.15, 0.2) is 47.4 Å². The minimum Gasteiger partial charge on any atom is -0.495 e. The van der Waals surface area contributed by atoms with Crippen LogP contribution in [0.25, 0.3) is 0 Å². The van der Waals surface area contributed by atoms with Gasteiger partial charge in [-0.05, 0) is 43.2 Å². The summed E-state index contributed by atoms with van der Waals surface area (Å²) in [7, 11) is -2.66. The Labute approximate surface area is 169 Å². The highest BCUT2D eigenvalue weighted by molar-refractivity contribution is 7.92. The van der Waals surface area contributed by atoms with Gasteiger partial charge in [0.15, 0.2) is 0 Å². The highest BCUT2D eigenvalue weighted by Gasteiger charge is 2.23. The molecule has 3 rings (SSSR count). The van der Waals surface area contributed by atoms with E-state index in [0.717, 1.165) is 12.8 Å². The predicted molar refractivity (Wildman–Crippen MR) is 107 cm³/mol. The van der Waals surface area contributed by atoms with E-state index in [1.807, 2.05) is 0 Å². The summed E-state index contributed by atoms with van der Waals surface area (Å²) < 4.78 is 38.8. The molecule has 1 atom stereocenters. The molecule has 1 saturated heterocycles. The van der Waals surface area contributed by atoms with Crippen LogP contribution in [0.4, 0.5) is 5.69 Å². The molecular weight excluding hydrogens is 404 g/mol. The van der Waals surface area contributed by atoms with Crippen LogP contribution in [-0.2, 0) is 14.8 Å². The summed E-state index contributed by atoms with van der Waals surface area (Å²) in [6.45, 7) is 1.07. The maximum absolute atomic E-state index is 12.9. The lowest BCUT2D eigenvalue weighted by Crippen LogP contribution is -2.32. The second-order valence-corrected chi connectivity index (χ2v) is 8.38. The molecule has 7 nitrogen and oxygen atoms in total. The first-order valence-electron chi connectivity index (χ1n) is 8.76. The van der Waals surface area contributed by atoms with Gasteiger partial charge >= 0.3 is 0 Å². The van der Waals surface area contributed by atoms with Crippen molar-refractivity contribution in [1.29, 1.82) is 0 Å². The van der Waals surface area contributed by atoms with E-state index in [9.17, 15) is 13.2 Å². The van der Waals surface area contributed by atoms with Crippen molar-refractivity contribution in [2.75, 3.05) is 25.0 Å². The number of nitrogens with one attached hydrogen (secondary N) is 2. The first-order chi connectivity index (χ1) is 13.4. The second-order valence-electron chi connectivity index (χ2n) is 6.29.